The Morgan fingerprint density at radius 3 is 2.14 bits per heavy atom. The van der Waals surface area contributed by atoms with E-state index in [1.807, 2.05) is 0 Å². The number of carboxylic acid groups (broad SMARTS) is 1. The van der Waals surface area contributed by atoms with Crippen molar-refractivity contribution in [2.75, 3.05) is 13.2 Å². The molecule has 0 aliphatic rings. The zero-order valence-electron chi connectivity index (χ0n) is 15.9. The molecule has 0 bridgehead atoms. The fourth-order valence-corrected chi connectivity index (χ4v) is 2.12. The third-order valence-corrected chi connectivity index (χ3v) is 4.06. The predicted octanol–water partition coefficient (Wildman–Crippen LogP) is -3.21. The van der Waals surface area contributed by atoms with Crippen molar-refractivity contribution in [3.8, 4) is 0 Å². The van der Waals surface area contributed by atoms with Crippen LogP contribution < -0.4 is 27.4 Å². The van der Waals surface area contributed by atoms with Gasteiger partial charge in [-0.15, -0.1) is 0 Å². The molecule has 0 saturated carbocycles. The van der Waals surface area contributed by atoms with Gasteiger partial charge in [0.2, 0.25) is 23.6 Å². The molecule has 0 fully saturated rings. The quantitative estimate of drug-likeness (QED) is 0.166. The van der Waals surface area contributed by atoms with Gasteiger partial charge < -0.3 is 37.6 Å². The third kappa shape index (κ3) is 9.28. The number of primary amides is 1. The third-order valence-electron chi connectivity index (χ3n) is 4.06. The average molecular weight is 403 g/mol. The summed E-state index contributed by atoms with van der Waals surface area (Å²) < 4.78 is 0. The van der Waals surface area contributed by atoms with Gasteiger partial charge in [0.05, 0.1) is 13.2 Å². The van der Waals surface area contributed by atoms with Gasteiger partial charge in [0.1, 0.15) is 18.1 Å². The zero-order valence-corrected chi connectivity index (χ0v) is 15.9. The fraction of sp³-hybridized carbons (Fsp3) is 0.688. The molecule has 28 heavy (non-hydrogen) atoms. The number of rotatable bonds is 13. The number of hydrogen-bond donors (Lipinski definition) is 7. The monoisotopic (exact) mass is 403 g/mol. The first kappa shape index (κ1) is 25.3. The number of hydrogen-bond acceptors (Lipinski definition) is 7. The minimum absolute atomic E-state index is 0.149. The molecule has 0 spiro atoms. The minimum atomic E-state index is -1.23. The Kier molecular flexibility index (Phi) is 11.4. The maximum absolute atomic E-state index is 12.4. The van der Waals surface area contributed by atoms with E-state index in [4.69, 9.17) is 16.6 Å². The molecule has 0 aliphatic heterocycles. The first-order valence-electron chi connectivity index (χ1n) is 8.78. The minimum Gasteiger partial charge on any atom is -0.480 e. The topological polar surface area (TPSA) is 214 Å². The molecule has 0 aromatic carbocycles. The Hall–Kier alpha value is -2.73. The molecule has 0 aliphatic carbocycles. The van der Waals surface area contributed by atoms with Crippen LogP contribution >= 0.6 is 0 Å². The normalized spacial score (nSPS) is 14.9. The number of nitrogens with two attached hydrogens (primary N) is 2. The van der Waals surface area contributed by atoms with Gasteiger partial charge in [-0.25, -0.2) is 4.79 Å². The van der Waals surface area contributed by atoms with Crippen molar-refractivity contribution in [3.63, 3.8) is 0 Å². The summed E-state index contributed by atoms with van der Waals surface area (Å²) in [6, 6.07) is -3.60. The first-order valence-corrected chi connectivity index (χ1v) is 8.78. The number of carbonyl (C=O) groups excluding carboxylic acids is 4. The van der Waals surface area contributed by atoms with E-state index in [0.717, 1.165) is 0 Å². The standard InChI is InChI=1S/C16H29N5O7/c1-3-8(2)13(16(27)28)21-15(26)10(4-5-11(18)23)20-12(24)6-19-14(25)9(17)7-22/h8-10,13,22H,3-7,17H2,1-2H3,(H2,18,23)(H,19,25)(H,20,24)(H,21,26)(H,27,28). The summed E-state index contributed by atoms with van der Waals surface area (Å²) >= 11 is 0. The highest BCUT2D eigenvalue weighted by Gasteiger charge is 2.29. The number of aliphatic carboxylic acids is 1. The molecule has 0 aromatic rings. The Bertz CT molecular complexity index is 584. The molecular formula is C16H29N5O7. The lowest BCUT2D eigenvalue weighted by Gasteiger charge is -2.24. The molecule has 4 amide bonds. The molecule has 0 aromatic heterocycles. The number of amides is 4. The van der Waals surface area contributed by atoms with E-state index in [1.165, 1.54) is 0 Å². The van der Waals surface area contributed by atoms with Crippen LogP contribution in [0, 0.1) is 5.92 Å². The summed E-state index contributed by atoms with van der Waals surface area (Å²) in [5, 5.41) is 24.9. The van der Waals surface area contributed by atoms with Gasteiger partial charge in [0.15, 0.2) is 0 Å². The van der Waals surface area contributed by atoms with Gasteiger partial charge in [-0.3, -0.25) is 19.2 Å². The number of carboxylic acids is 1. The Labute approximate surface area is 162 Å². The van der Waals surface area contributed by atoms with Crippen LogP contribution in [-0.4, -0.2) is 71.1 Å². The van der Waals surface area contributed by atoms with Gasteiger partial charge >= 0.3 is 5.97 Å². The molecule has 0 saturated heterocycles. The number of aliphatic hydroxyl groups excluding tert-OH is 1. The maximum Gasteiger partial charge on any atom is 0.326 e. The molecule has 0 rings (SSSR count). The molecule has 12 heteroatoms. The first-order chi connectivity index (χ1) is 13.0. The van der Waals surface area contributed by atoms with Crippen molar-refractivity contribution in [2.24, 2.45) is 17.4 Å². The van der Waals surface area contributed by atoms with E-state index in [2.05, 4.69) is 16.0 Å². The van der Waals surface area contributed by atoms with Crippen molar-refractivity contribution < 1.29 is 34.2 Å². The second-order valence-corrected chi connectivity index (χ2v) is 6.34. The van der Waals surface area contributed by atoms with Gasteiger partial charge in [-0.1, -0.05) is 20.3 Å². The van der Waals surface area contributed by atoms with Crippen LogP contribution in [0.5, 0.6) is 0 Å². The second kappa shape index (κ2) is 12.6. The molecule has 9 N–H and O–H groups in total. The SMILES string of the molecule is CCC(C)C(NC(=O)C(CCC(N)=O)NC(=O)CNC(=O)C(N)CO)C(=O)O. The van der Waals surface area contributed by atoms with E-state index in [0.29, 0.717) is 6.42 Å². The van der Waals surface area contributed by atoms with Crippen LogP contribution in [0.15, 0.2) is 0 Å². The molecule has 12 nitrogen and oxygen atoms in total. The summed E-state index contributed by atoms with van der Waals surface area (Å²) in [6.07, 6.45) is 0.123. The summed E-state index contributed by atoms with van der Waals surface area (Å²) in [5.41, 5.74) is 10.4. The van der Waals surface area contributed by atoms with E-state index >= 15 is 0 Å². The van der Waals surface area contributed by atoms with E-state index in [-0.39, 0.29) is 18.8 Å². The molecular weight excluding hydrogens is 374 g/mol. The van der Waals surface area contributed by atoms with Crippen molar-refractivity contribution >= 4 is 29.6 Å². The highest BCUT2D eigenvalue weighted by molar-refractivity contribution is 5.92. The van der Waals surface area contributed by atoms with Crippen molar-refractivity contribution in [1.29, 1.82) is 0 Å². The fourth-order valence-electron chi connectivity index (χ4n) is 2.12. The Balaban J connectivity index is 5.02. The smallest absolute Gasteiger partial charge is 0.326 e. The van der Waals surface area contributed by atoms with Crippen molar-refractivity contribution in [3.05, 3.63) is 0 Å². The maximum atomic E-state index is 12.4. The lowest BCUT2D eigenvalue weighted by atomic mass is 9.98. The van der Waals surface area contributed by atoms with Crippen LogP contribution in [0.2, 0.25) is 0 Å². The molecule has 160 valence electrons. The summed E-state index contributed by atoms with van der Waals surface area (Å²) in [5.74, 6) is -4.62. The van der Waals surface area contributed by atoms with Gasteiger partial charge in [-0.2, -0.15) is 0 Å². The van der Waals surface area contributed by atoms with Crippen LogP contribution in [0.4, 0.5) is 0 Å². The lowest BCUT2D eigenvalue weighted by Crippen LogP contribution is -2.55. The van der Waals surface area contributed by atoms with Crippen LogP contribution in [0.25, 0.3) is 0 Å². The van der Waals surface area contributed by atoms with Gasteiger partial charge in [-0.05, 0) is 12.3 Å². The number of carbonyl (C=O) groups is 5. The van der Waals surface area contributed by atoms with E-state index < -0.39 is 60.9 Å². The average Bonchev–Trinajstić information content (AvgIpc) is 2.65. The Morgan fingerprint density at radius 2 is 1.68 bits per heavy atom. The highest BCUT2D eigenvalue weighted by Crippen LogP contribution is 2.09. The molecule has 4 atom stereocenters. The van der Waals surface area contributed by atoms with Crippen LogP contribution in [0.3, 0.4) is 0 Å². The van der Waals surface area contributed by atoms with Crippen LogP contribution in [-0.2, 0) is 24.0 Å². The molecule has 4 unspecified atom stereocenters. The number of nitrogens with one attached hydrogen (secondary N) is 3. The van der Waals surface area contributed by atoms with Gasteiger partial charge in [0, 0.05) is 6.42 Å². The highest BCUT2D eigenvalue weighted by atomic mass is 16.4. The summed E-state index contributed by atoms with van der Waals surface area (Å²) in [7, 11) is 0. The van der Waals surface area contributed by atoms with Crippen LogP contribution in [0.1, 0.15) is 33.1 Å². The van der Waals surface area contributed by atoms with Crippen molar-refractivity contribution in [1.82, 2.24) is 16.0 Å². The predicted molar refractivity (Wildman–Crippen MR) is 97.5 cm³/mol. The van der Waals surface area contributed by atoms with E-state index in [9.17, 15) is 29.1 Å². The van der Waals surface area contributed by atoms with Gasteiger partial charge in [0.25, 0.3) is 0 Å². The Morgan fingerprint density at radius 1 is 1.07 bits per heavy atom. The summed E-state index contributed by atoms with van der Waals surface area (Å²) in [4.78, 5) is 58.3. The zero-order chi connectivity index (χ0) is 21.9. The largest absolute Gasteiger partial charge is 0.480 e. The lowest BCUT2D eigenvalue weighted by molar-refractivity contribution is -0.144. The van der Waals surface area contributed by atoms with Crippen molar-refractivity contribution in [2.45, 2.75) is 51.2 Å². The molecule has 0 heterocycles. The second-order valence-electron chi connectivity index (χ2n) is 6.34. The molecule has 0 radical (unpaired) electrons. The summed E-state index contributed by atoms with van der Waals surface area (Å²) in [6.45, 7) is 2.28. The number of aliphatic hydroxyl groups is 1. The van der Waals surface area contributed by atoms with E-state index in [1.54, 1.807) is 13.8 Å².